The van der Waals surface area contributed by atoms with Gasteiger partial charge in [-0.2, -0.15) is 11.8 Å². The molecule has 1 aromatic carbocycles. The molecule has 1 atom stereocenters. The van der Waals surface area contributed by atoms with Crippen molar-refractivity contribution in [3.8, 4) is 0 Å². The first-order chi connectivity index (χ1) is 8.62. The molecule has 0 bridgehead atoms. The van der Waals surface area contributed by atoms with E-state index in [4.69, 9.17) is 5.73 Å². The maximum Gasteiger partial charge on any atom is 0.127 e. The minimum Gasteiger partial charge on any atom is -0.326 e. The van der Waals surface area contributed by atoms with E-state index in [0.717, 1.165) is 23.3 Å². The smallest absolute Gasteiger partial charge is 0.127 e. The monoisotopic (exact) mass is 270 g/mol. The van der Waals surface area contributed by atoms with Crippen molar-refractivity contribution in [1.29, 1.82) is 0 Å². The molecule has 2 N–H and O–H groups in total. The Hall–Kier alpha value is -0.580. The van der Waals surface area contributed by atoms with Crippen LogP contribution in [-0.2, 0) is 13.1 Å². The van der Waals surface area contributed by atoms with E-state index < -0.39 is 0 Å². The van der Waals surface area contributed by atoms with Crippen LogP contribution in [0.4, 0.5) is 4.39 Å². The molecule has 18 heavy (non-hydrogen) atoms. The van der Waals surface area contributed by atoms with Crippen LogP contribution in [0.2, 0.25) is 0 Å². The second-order valence-electron chi connectivity index (χ2n) is 4.56. The van der Waals surface area contributed by atoms with E-state index >= 15 is 0 Å². The molecule has 0 aliphatic rings. The first kappa shape index (κ1) is 15.5. The van der Waals surface area contributed by atoms with Crippen LogP contribution < -0.4 is 5.73 Å². The summed E-state index contributed by atoms with van der Waals surface area (Å²) in [5, 5.41) is 0. The molecule has 0 spiro atoms. The van der Waals surface area contributed by atoms with Crippen LogP contribution in [0.1, 0.15) is 24.5 Å². The summed E-state index contributed by atoms with van der Waals surface area (Å²) in [6.45, 7) is 3.27. The van der Waals surface area contributed by atoms with E-state index in [1.807, 2.05) is 17.8 Å². The summed E-state index contributed by atoms with van der Waals surface area (Å²) in [7, 11) is 2.05. The Bertz CT molecular complexity index is 371. The maximum atomic E-state index is 13.7. The summed E-state index contributed by atoms with van der Waals surface area (Å²) in [6, 6.07) is 5.62. The van der Waals surface area contributed by atoms with Crippen LogP contribution in [-0.4, -0.2) is 30.0 Å². The molecule has 0 saturated carbocycles. The van der Waals surface area contributed by atoms with Crippen molar-refractivity contribution in [2.45, 2.75) is 32.5 Å². The minimum atomic E-state index is -0.141. The standard InChI is InChI=1S/C14H23FN2S/c1-4-13(10-18-3)17(2)9-12-7-11(8-16)5-6-14(12)15/h5-7,13H,4,8-10,16H2,1-3H3. The second-order valence-corrected chi connectivity index (χ2v) is 5.47. The third-order valence-electron chi connectivity index (χ3n) is 3.22. The van der Waals surface area contributed by atoms with E-state index in [2.05, 4.69) is 25.1 Å². The van der Waals surface area contributed by atoms with Crippen molar-refractivity contribution in [3.63, 3.8) is 0 Å². The predicted octanol–water partition coefficient (Wildman–Crippen LogP) is 2.86. The molecule has 0 saturated heterocycles. The molecule has 4 heteroatoms. The number of rotatable bonds is 7. The van der Waals surface area contributed by atoms with E-state index in [0.29, 0.717) is 19.1 Å². The summed E-state index contributed by atoms with van der Waals surface area (Å²) < 4.78 is 13.7. The zero-order valence-corrected chi connectivity index (χ0v) is 12.3. The Morgan fingerprint density at radius 2 is 2.17 bits per heavy atom. The van der Waals surface area contributed by atoms with Gasteiger partial charge in [-0.05, 0) is 31.4 Å². The van der Waals surface area contributed by atoms with Gasteiger partial charge in [0.15, 0.2) is 0 Å². The lowest BCUT2D eigenvalue weighted by Crippen LogP contribution is -2.33. The average molecular weight is 270 g/mol. The van der Waals surface area contributed by atoms with Gasteiger partial charge in [0.25, 0.3) is 0 Å². The van der Waals surface area contributed by atoms with Gasteiger partial charge >= 0.3 is 0 Å². The lowest BCUT2D eigenvalue weighted by Gasteiger charge is -2.26. The zero-order valence-electron chi connectivity index (χ0n) is 11.4. The van der Waals surface area contributed by atoms with Gasteiger partial charge in [-0.25, -0.2) is 4.39 Å². The lowest BCUT2D eigenvalue weighted by molar-refractivity contribution is 0.244. The first-order valence-corrected chi connectivity index (χ1v) is 7.68. The maximum absolute atomic E-state index is 13.7. The first-order valence-electron chi connectivity index (χ1n) is 6.28. The molecule has 0 aromatic heterocycles. The highest BCUT2D eigenvalue weighted by Gasteiger charge is 2.14. The summed E-state index contributed by atoms with van der Waals surface area (Å²) in [4.78, 5) is 2.22. The van der Waals surface area contributed by atoms with Crippen molar-refractivity contribution in [1.82, 2.24) is 4.90 Å². The van der Waals surface area contributed by atoms with Gasteiger partial charge < -0.3 is 5.73 Å². The molecule has 2 nitrogen and oxygen atoms in total. The molecule has 1 unspecified atom stereocenters. The van der Waals surface area contributed by atoms with Crippen molar-refractivity contribution in [2.24, 2.45) is 5.73 Å². The molecule has 0 heterocycles. The molecular formula is C14H23FN2S. The third kappa shape index (κ3) is 4.26. The van der Waals surface area contributed by atoms with Gasteiger partial charge in [-0.15, -0.1) is 0 Å². The van der Waals surface area contributed by atoms with E-state index in [1.54, 1.807) is 6.07 Å². The number of hydrogen-bond donors (Lipinski definition) is 1. The van der Waals surface area contributed by atoms with Crippen LogP contribution >= 0.6 is 11.8 Å². The highest BCUT2D eigenvalue weighted by Crippen LogP contribution is 2.16. The molecular weight excluding hydrogens is 247 g/mol. The van der Waals surface area contributed by atoms with Crippen LogP contribution in [0.25, 0.3) is 0 Å². The van der Waals surface area contributed by atoms with Crippen LogP contribution in [0.15, 0.2) is 18.2 Å². The van der Waals surface area contributed by atoms with E-state index in [-0.39, 0.29) is 5.82 Å². The highest BCUT2D eigenvalue weighted by molar-refractivity contribution is 7.98. The predicted molar refractivity (Wildman–Crippen MR) is 78.2 cm³/mol. The van der Waals surface area contributed by atoms with Gasteiger partial charge in [0.05, 0.1) is 0 Å². The largest absolute Gasteiger partial charge is 0.326 e. The number of benzene rings is 1. The Morgan fingerprint density at radius 3 is 2.72 bits per heavy atom. The van der Waals surface area contributed by atoms with Gasteiger partial charge in [-0.3, -0.25) is 4.90 Å². The highest BCUT2D eigenvalue weighted by atomic mass is 32.2. The van der Waals surface area contributed by atoms with Crippen molar-refractivity contribution in [3.05, 3.63) is 35.1 Å². The van der Waals surface area contributed by atoms with Crippen molar-refractivity contribution < 1.29 is 4.39 Å². The van der Waals surface area contributed by atoms with Gasteiger partial charge in [0.2, 0.25) is 0 Å². The average Bonchev–Trinajstić information content (AvgIpc) is 2.38. The number of nitrogens with zero attached hydrogens (tertiary/aromatic N) is 1. The fourth-order valence-corrected chi connectivity index (χ4v) is 2.90. The third-order valence-corrected chi connectivity index (χ3v) is 3.94. The second kappa shape index (κ2) is 7.77. The number of hydrogen-bond acceptors (Lipinski definition) is 3. The van der Waals surface area contributed by atoms with Crippen molar-refractivity contribution >= 4 is 11.8 Å². The molecule has 0 aliphatic heterocycles. The number of nitrogens with two attached hydrogens (primary N) is 1. The van der Waals surface area contributed by atoms with Gasteiger partial charge in [0.1, 0.15) is 5.82 Å². The quantitative estimate of drug-likeness (QED) is 0.826. The molecule has 0 fully saturated rings. The van der Waals surface area contributed by atoms with Crippen LogP contribution in [0.5, 0.6) is 0 Å². The Balaban J connectivity index is 2.76. The fourth-order valence-electron chi connectivity index (χ4n) is 2.02. The fraction of sp³-hybridized carbons (Fsp3) is 0.571. The summed E-state index contributed by atoms with van der Waals surface area (Å²) in [5.41, 5.74) is 7.31. The van der Waals surface area contributed by atoms with Crippen LogP contribution in [0, 0.1) is 5.82 Å². The molecule has 0 amide bonds. The number of thioether (sulfide) groups is 1. The SMILES string of the molecule is CCC(CSC)N(C)Cc1cc(CN)ccc1F. The van der Waals surface area contributed by atoms with Gasteiger partial charge in [0, 0.05) is 30.4 Å². The number of halogens is 1. The summed E-state index contributed by atoms with van der Waals surface area (Å²) in [6.07, 6.45) is 3.18. The Labute approximate surface area is 114 Å². The Kier molecular flexibility index (Phi) is 6.68. The molecule has 0 radical (unpaired) electrons. The van der Waals surface area contributed by atoms with Crippen LogP contribution in [0.3, 0.4) is 0 Å². The molecule has 1 rings (SSSR count). The molecule has 0 aliphatic carbocycles. The summed E-state index contributed by atoms with van der Waals surface area (Å²) in [5.74, 6) is 0.934. The molecule has 102 valence electrons. The normalized spacial score (nSPS) is 13.0. The lowest BCUT2D eigenvalue weighted by atomic mass is 10.1. The van der Waals surface area contributed by atoms with E-state index in [9.17, 15) is 4.39 Å². The summed E-state index contributed by atoms with van der Waals surface area (Å²) >= 11 is 1.83. The Morgan fingerprint density at radius 1 is 1.44 bits per heavy atom. The molecule has 1 aromatic rings. The zero-order chi connectivity index (χ0) is 13.5. The topological polar surface area (TPSA) is 29.3 Å². The van der Waals surface area contributed by atoms with E-state index in [1.165, 1.54) is 6.07 Å². The minimum absolute atomic E-state index is 0.141. The van der Waals surface area contributed by atoms with Crippen molar-refractivity contribution in [2.75, 3.05) is 19.1 Å². The van der Waals surface area contributed by atoms with Gasteiger partial charge in [-0.1, -0.05) is 19.1 Å².